The van der Waals surface area contributed by atoms with Crippen LogP contribution in [0.15, 0.2) is 29.3 Å². The van der Waals surface area contributed by atoms with Crippen LogP contribution in [0.2, 0.25) is 0 Å². The molecule has 6 heteroatoms. The van der Waals surface area contributed by atoms with Crippen LogP contribution in [0.4, 0.5) is 0 Å². The zero-order valence-corrected chi connectivity index (χ0v) is 15.7. The Balaban J connectivity index is 1.76. The first-order valence-corrected chi connectivity index (χ1v) is 8.95. The highest BCUT2D eigenvalue weighted by molar-refractivity contribution is 5.81. The largest absolute Gasteiger partial charge is 0.488 e. The highest BCUT2D eigenvalue weighted by Crippen LogP contribution is 2.28. The van der Waals surface area contributed by atoms with Crippen molar-refractivity contribution in [2.75, 3.05) is 26.2 Å². The zero-order chi connectivity index (χ0) is 18.3. The number of benzene rings is 1. The number of nitrogens with one attached hydrogen (secondary N) is 3. The van der Waals surface area contributed by atoms with Gasteiger partial charge in [0, 0.05) is 31.5 Å². The van der Waals surface area contributed by atoms with Crippen molar-refractivity contribution in [3.8, 4) is 5.75 Å². The number of hydrogen-bond acceptors (Lipinski definition) is 3. The Hall–Kier alpha value is -2.24. The van der Waals surface area contributed by atoms with Crippen LogP contribution in [0.3, 0.4) is 0 Å². The van der Waals surface area contributed by atoms with Gasteiger partial charge in [0.25, 0.3) is 0 Å². The third kappa shape index (κ3) is 5.96. The molecule has 1 atom stereocenters. The molecule has 1 aliphatic heterocycles. The maximum Gasteiger partial charge on any atom is 0.225 e. The third-order valence-electron chi connectivity index (χ3n) is 3.90. The molecule has 0 fully saturated rings. The van der Waals surface area contributed by atoms with Crippen LogP contribution in [-0.2, 0) is 11.2 Å². The average molecular weight is 346 g/mol. The Morgan fingerprint density at radius 2 is 1.92 bits per heavy atom. The van der Waals surface area contributed by atoms with Gasteiger partial charge in [-0.15, -0.1) is 0 Å². The van der Waals surface area contributed by atoms with Crippen LogP contribution in [0.5, 0.6) is 5.75 Å². The van der Waals surface area contributed by atoms with Gasteiger partial charge < -0.3 is 20.7 Å². The number of aliphatic imine (C=N–C) groups is 1. The van der Waals surface area contributed by atoms with Crippen LogP contribution in [-0.4, -0.2) is 44.1 Å². The van der Waals surface area contributed by atoms with Gasteiger partial charge >= 0.3 is 0 Å². The number of guanidine groups is 1. The van der Waals surface area contributed by atoms with Gasteiger partial charge in [0.1, 0.15) is 11.9 Å². The molecule has 1 heterocycles. The van der Waals surface area contributed by atoms with E-state index in [0.29, 0.717) is 19.6 Å². The number of amides is 1. The minimum absolute atomic E-state index is 0.0494. The molecule has 3 N–H and O–H groups in total. The maximum atomic E-state index is 11.8. The van der Waals surface area contributed by atoms with E-state index in [4.69, 9.17) is 4.74 Å². The number of carbonyl (C=O) groups is 1. The number of nitrogens with zero attached hydrogens (tertiary/aromatic N) is 1. The van der Waals surface area contributed by atoms with Crippen LogP contribution in [0, 0.1) is 5.41 Å². The van der Waals surface area contributed by atoms with E-state index in [1.54, 1.807) is 0 Å². The summed E-state index contributed by atoms with van der Waals surface area (Å²) in [6, 6.07) is 8.12. The van der Waals surface area contributed by atoms with E-state index in [2.05, 4.69) is 27.0 Å². The summed E-state index contributed by atoms with van der Waals surface area (Å²) in [5.74, 6) is 1.76. The van der Waals surface area contributed by atoms with Crippen molar-refractivity contribution in [1.82, 2.24) is 16.0 Å². The Kier molecular flexibility index (Phi) is 6.67. The molecule has 0 radical (unpaired) electrons. The Morgan fingerprint density at radius 1 is 1.20 bits per heavy atom. The first kappa shape index (κ1) is 19.1. The molecular weight excluding hydrogens is 316 g/mol. The lowest BCUT2D eigenvalue weighted by Crippen LogP contribution is -2.43. The van der Waals surface area contributed by atoms with E-state index in [0.717, 1.165) is 24.7 Å². The second-order valence-electron chi connectivity index (χ2n) is 7.20. The zero-order valence-electron chi connectivity index (χ0n) is 15.7. The fourth-order valence-electron chi connectivity index (χ4n) is 2.51. The Bertz CT molecular complexity index is 583. The van der Waals surface area contributed by atoms with Crippen molar-refractivity contribution in [2.24, 2.45) is 10.4 Å². The van der Waals surface area contributed by atoms with Crippen LogP contribution >= 0.6 is 0 Å². The monoisotopic (exact) mass is 346 g/mol. The molecule has 1 aromatic carbocycles. The summed E-state index contributed by atoms with van der Waals surface area (Å²) >= 11 is 0. The number of rotatable bonds is 6. The molecule has 1 unspecified atom stereocenters. The topological polar surface area (TPSA) is 74.8 Å². The Labute approximate surface area is 150 Å². The van der Waals surface area contributed by atoms with E-state index in [1.165, 1.54) is 5.56 Å². The van der Waals surface area contributed by atoms with Crippen LogP contribution in [0.1, 0.15) is 33.3 Å². The van der Waals surface area contributed by atoms with E-state index in [1.807, 2.05) is 45.9 Å². The van der Waals surface area contributed by atoms with Gasteiger partial charge in [-0.3, -0.25) is 4.79 Å². The summed E-state index contributed by atoms with van der Waals surface area (Å²) in [5.41, 5.74) is 0.874. The van der Waals surface area contributed by atoms with Crippen LogP contribution in [0.25, 0.3) is 0 Å². The van der Waals surface area contributed by atoms with Crippen molar-refractivity contribution in [1.29, 1.82) is 0 Å². The van der Waals surface area contributed by atoms with Gasteiger partial charge in [-0.25, -0.2) is 4.99 Å². The summed E-state index contributed by atoms with van der Waals surface area (Å²) in [4.78, 5) is 16.4. The summed E-state index contributed by atoms with van der Waals surface area (Å²) in [7, 11) is 0. The summed E-state index contributed by atoms with van der Waals surface area (Å²) in [6.07, 6.45) is 0.967. The average Bonchev–Trinajstić information content (AvgIpc) is 2.98. The number of fused-ring (bicyclic) bond motifs is 1. The molecule has 0 aliphatic carbocycles. The molecule has 6 nitrogen and oxygen atoms in total. The normalized spacial score (nSPS) is 16.8. The molecule has 0 spiro atoms. The third-order valence-corrected chi connectivity index (χ3v) is 3.90. The molecule has 1 aromatic rings. The number of carbonyl (C=O) groups excluding carboxylic acids is 1. The molecule has 1 aliphatic rings. The molecule has 2 rings (SSSR count). The predicted molar refractivity (Wildman–Crippen MR) is 101 cm³/mol. The minimum Gasteiger partial charge on any atom is -0.488 e. The SMILES string of the molecule is CCNC(=NCC1Cc2ccccc2O1)NCCNC(=O)C(C)(C)C. The number of para-hydroxylation sites is 1. The predicted octanol–water partition coefficient (Wildman–Crippen LogP) is 1.71. The van der Waals surface area contributed by atoms with Crippen LogP contribution < -0.4 is 20.7 Å². The standard InChI is InChI=1S/C19H30N4O2/c1-5-20-18(22-11-10-21-17(24)19(2,3)4)23-13-15-12-14-8-6-7-9-16(14)25-15/h6-9,15H,5,10-13H2,1-4H3,(H,21,24)(H2,20,22,23). The molecule has 0 bridgehead atoms. The minimum atomic E-state index is -0.368. The lowest BCUT2D eigenvalue weighted by molar-refractivity contribution is -0.128. The fourth-order valence-corrected chi connectivity index (χ4v) is 2.51. The highest BCUT2D eigenvalue weighted by atomic mass is 16.5. The number of hydrogen-bond donors (Lipinski definition) is 3. The molecule has 0 aromatic heterocycles. The fraction of sp³-hybridized carbons (Fsp3) is 0.579. The first-order valence-electron chi connectivity index (χ1n) is 8.95. The molecule has 0 saturated carbocycles. The number of ether oxygens (including phenoxy) is 1. The van der Waals surface area contributed by atoms with Crippen molar-refractivity contribution in [3.63, 3.8) is 0 Å². The first-order chi connectivity index (χ1) is 11.9. The van der Waals surface area contributed by atoms with Crippen molar-refractivity contribution in [2.45, 2.75) is 40.2 Å². The molecule has 1 amide bonds. The van der Waals surface area contributed by atoms with Crippen molar-refractivity contribution >= 4 is 11.9 Å². The van der Waals surface area contributed by atoms with E-state index < -0.39 is 0 Å². The molecule has 138 valence electrons. The van der Waals surface area contributed by atoms with Gasteiger partial charge in [0.2, 0.25) is 5.91 Å². The van der Waals surface area contributed by atoms with Gasteiger partial charge in [0.15, 0.2) is 5.96 Å². The Morgan fingerprint density at radius 3 is 2.60 bits per heavy atom. The summed E-state index contributed by atoms with van der Waals surface area (Å²) in [5, 5.41) is 9.38. The van der Waals surface area contributed by atoms with Gasteiger partial charge in [-0.1, -0.05) is 39.0 Å². The second kappa shape index (κ2) is 8.74. The van der Waals surface area contributed by atoms with Gasteiger partial charge in [-0.05, 0) is 18.6 Å². The lowest BCUT2D eigenvalue weighted by Gasteiger charge is -2.18. The van der Waals surface area contributed by atoms with Crippen molar-refractivity contribution < 1.29 is 9.53 Å². The summed E-state index contributed by atoms with van der Waals surface area (Å²) in [6.45, 7) is 10.3. The molecule has 25 heavy (non-hydrogen) atoms. The van der Waals surface area contributed by atoms with Gasteiger partial charge in [0.05, 0.1) is 6.54 Å². The highest BCUT2D eigenvalue weighted by Gasteiger charge is 2.22. The van der Waals surface area contributed by atoms with E-state index >= 15 is 0 Å². The quantitative estimate of drug-likeness (QED) is 0.416. The lowest BCUT2D eigenvalue weighted by atomic mass is 9.96. The second-order valence-corrected chi connectivity index (χ2v) is 7.20. The maximum absolute atomic E-state index is 11.8. The smallest absolute Gasteiger partial charge is 0.225 e. The van der Waals surface area contributed by atoms with Crippen molar-refractivity contribution in [3.05, 3.63) is 29.8 Å². The van der Waals surface area contributed by atoms with E-state index in [-0.39, 0.29) is 17.4 Å². The molecule has 0 saturated heterocycles. The molecular formula is C19H30N4O2. The van der Waals surface area contributed by atoms with E-state index in [9.17, 15) is 4.79 Å². The summed E-state index contributed by atoms with van der Waals surface area (Å²) < 4.78 is 5.91. The van der Waals surface area contributed by atoms with Gasteiger partial charge in [-0.2, -0.15) is 0 Å².